The Kier molecular flexibility index (Phi) is 9.97. The van der Waals surface area contributed by atoms with Crippen molar-refractivity contribution in [3.05, 3.63) is 65.5 Å². The quantitative estimate of drug-likeness (QED) is 0.332. The second kappa shape index (κ2) is 13.4. The third-order valence-corrected chi connectivity index (χ3v) is 9.85. The minimum absolute atomic E-state index is 0.0541. The fourth-order valence-electron chi connectivity index (χ4n) is 4.58. The zero-order chi connectivity index (χ0) is 30.4. The van der Waals surface area contributed by atoms with Crippen LogP contribution in [-0.2, 0) is 21.2 Å². The lowest BCUT2D eigenvalue weighted by Crippen LogP contribution is -2.48. The first-order valence-corrected chi connectivity index (χ1v) is 15.8. The summed E-state index contributed by atoms with van der Waals surface area (Å²) < 4.78 is 40.0. The Hall–Kier alpha value is -3.81. The zero-order valence-electron chi connectivity index (χ0n) is 23.9. The van der Waals surface area contributed by atoms with Crippen molar-refractivity contribution in [2.45, 2.75) is 36.6 Å². The number of nitrogens with one attached hydrogen (secondary N) is 2. The van der Waals surface area contributed by atoms with Gasteiger partial charge in [0.05, 0.1) is 32.7 Å². The second-order valence-corrected chi connectivity index (χ2v) is 13.1. The van der Waals surface area contributed by atoms with Gasteiger partial charge in [0.2, 0.25) is 5.91 Å². The van der Waals surface area contributed by atoms with Gasteiger partial charge >= 0.3 is 6.03 Å². The highest BCUT2D eigenvalue weighted by atomic mass is 32.2. The molecule has 3 amide bonds. The molecule has 0 bridgehead atoms. The molecule has 42 heavy (non-hydrogen) atoms. The van der Waals surface area contributed by atoms with Crippen molar-refractivity contribution in [1.82, 2.24) is 9.80 Å². The molecule has 0 aliphatic carbocycles. The number of fused-ring (bicyclic) bond motifs is 1. The predicted octanol–water partition coefficient (Wildman–Crippen LogP) is 3.87. The topological polar surface area (TPSA) is 138 Å². The Bertz CT molecular complexity index is 1480. The number of rotatable bonds is 9. The summed E-state index contributed by atoms with van der Waals surface area (Å²) in [5, 5.41) is 14.4. The molecule has 3 atom stereocenters. The number of amides is 3. The van der Waals surface area contributed by atoms with Crippen molar-refractivity contribution in [2.24, 2.45) is 5.92 Å². The van der Waals surface area contributed by atoms with Crippen LogP contribution in [0.25, 0.3) is 0 Å². The minimum Gasteiger partial charge on any atom is -0.497 e. The molecule has 0 fully saturated rings. The van der Waals surface area contributed by atoms with Crippen LogP contribution in [0, 0.1) is 5.92 Å². The first-order chi connectivity index (χ1) is 20.0. The Balaban J connectivity index is 1.59. The molecule has 1 aromatic heterocycles. The molecular weight excluding hydrogens is 580 g/mol. The molecule has 4 rings (SSSR count). The third-order valence-electron chi connectivity index (χ3n) is 7.07. The summed E-state index contributed by atoms with van der Waals surface area (Å²) in [5.74, 6) is 0.646. The molecule has 0 saturated heterocycles. The summed E-state index contributed by atoms with van der Waals surface area (Å²) in [6.45, 7) is 3.97. The molecule has 2 heterocycles. The van der Waals surface area contributed by atoms with Gasteiger partial charge in [-0.2, -0.15) is 0 Å². The largest absolute Gasteiger partial charge is 0.497 e. The first-order valence-electron chi connectivity index (χ1n) is 13.4. The van der Waals surface area contributed by atoms with Gasteiger partial charge in [-0.25, -0.2) is 13.2 Å². The van der Waals surface area contributed by atoms with E-state index in [0.717, 1.165) is 11.3 Å². The number of ether oxygens (including phenoxy) is 2. The van der Waals surface area contributed by atoms with Gasteiger partial charge in [-0.1, -0.05) is 13.0 Å². The van der Waals surface area contributed by atoms with E-state index in [1.165, 1.54) is 11.0 Å². The summed E-state index contributed by atoms with van der Waals surface area (Å²) in [7, 11) is -0.571. The maximum absolute atomic E-state index is 13.4. The number of sulfonamides is 1. The number of urea groups is 1. The zero-order valence-corrected chi connectivity index (χ0v) is 25.6. The average Bonchev–Trinajstić information content (AvgIpc) is 3.53. The molecule has 3 N–H and O–H groups in total. The Morgan fingerprint density at radius 2 is 1.93 bits per heavy atom. The highest BCUT2D eigenvalue weighted by Gasteiger charge is 2.32. The van der Waals surface area contributed by atoms with E-state index in [1.807, 2.05) is 6.92 Å². The summed E-state index contributed by atoms with van der Waals surface area (Å²) in [4.78, 5) is 29.6. The Labute approximate surface area is 250 Å². The van der Waals surface area contributed by atoms with Crippen LogP contribution in [0.5, 0.6) is 11.5 Å². The van der Waals surface area contributed by atoms with Gasteiger partial charge in [-0.05, 0) is 60.8 Å². The number of hydrogen-bond acceptors (Lipinski definition) is 8. The molecule has 0 radical (unpaired) electrons. The van der Waals surface area contributed by atoms with Crippen molar-refractivity contribution < 1.29 is 32.6 Å². The van der Waals surface area contributed by atoms with Crippen LogP contribution in [0.3, 0.4) is 0 Å². The number of aliphatic hydroxyl groups is 1. The average molecular weight is 617 g/mol. The molecule has 0 spiro atoms. The van der Waals surface area contributed by atoms with Gasteiger partial charge in [-0.3, -0.25) is 9.52 Å². The highest BCUT2D eigenvalue weighted by molar-refractivity contribution is 7.94. The maximum atomic E-state index is 13.4. The molecule has 11 nitrogen and oxygen atoms in total. The minimum atomic E-state index is -3.80. The summed E-state index contributed by atoms with van der Waals surface area (Å²) in [5.41, 5.74) is 1.39. The monoisotopic (exact) mass is 616 g/mol. The number of carbonyl (C=O) groups excluding carboxylic acids is 2. The van der Waals surface area contributed by atoms with E-state index in [0.29, 0.717) is 35.0 Å². The molecule has 13 heteroatoms. The number of aliphatic hydroxyl groups excluding tert-OH is 1. The molecule has 2 aromatic carbocycles. The lowest BCUT2D eigenvalue weighted by Gasteiger charge is -2.34. The molecule has 0 unspecified atom stereocenters. The fourth-order valence-corrected chi connectivity index (χ4v) is 6.62. The number of hydrogen-bond donors (Lipinski definition) is 3. The van der Waals surface area contributed by atoms with Gasteiger partial charge in [0, 0.05) is 36.4 Å². The van der Waals surface area contributed by atoms with Crippen LogP contribution >= 0.6 is 11.3 Å². The van der Waals surface area contributed by atoms with Crippen LogP contribution in [0.2, 0.25) is 0 Å². The fraction of sp³-hybridized carbons (Fsp3) is 0.379. The van der Waals surface area contributed by atoms with Gasteiger partial charge < -0.3 is 29.7 Å². The van der Waals surface area contributed by atoms with Gasteiger partial charge in [0.15, 0.2) is 0 Å². The number of thiophene rings is 1. The molecule has 0 saturated carbocycles. The SMILES string of the molecule is COc1ccc(NC(=O)N(C)C[C@H]2Oc3ccc(NS(=O)(=O)c4cccs4)cc3CC(=O)N([C@H](C)CO)C[C@H]2C)cc1. The van der Waals surface area contributed by atoms with E-state index >= 15 is 0 Å². The molecule has 226 valence electrons. The number of benzene rings is 2. The standard InChI is InChI=1S/C29H36N4O7S2/c1-19-16-33(20(2)18-34)27(35)15-21-14-23(31-42(37,38)28-6-5-13-41-28)9-12-25(21)40-26(19)17-32(3)29(36)30-22-7-10-24(39-4)11-8-22/h5-14,19-20,26,31,34H,15-18H2,1-4H3,(H,30,36)/t19-,20-,26-/m1/s1. The van der Waals surface area contributed by atoms with E-state index in [1.54, 1.807) is 79.9 Å². The van der Waals surface area contributed by atoms with E-state index in [2.05, 4.69) is 10.0 Å². The second-order valence-electron chi connectivity index (χ2n) is 10.3. The van der Waals surface area contributed by atoms with Gasteiger partial charge in [0.25, 0.3) is 10.0 Å². The van der Waals surface area contributed by atoms with Crippen molar-refractivity contribution in [3.63, 3.8) is 0 Å². The summed E-state index contributed by atoms with van der Waals surface area (Å²) in [6, 6.07) is 14.2. The van der Waals surface area contributed by atoms with Crippen molar-refractivity contribution in [1.29, 1.82) is 0 Å². The van der Waals surface area contributed by atoms with Crippen molar-refractivity contribution in [2.75, 3.05) is 43.9 Å². The maximum Gasteiger partial charge on any atom is 0.321 e. The first kappa shape index (κ1) is 31.1. The molecule has 3 aromatic rings. The molecule has 1 aliphatic heterocycles. The van der Waals surface area contributed by atoms with Gasteiger partial charge in [0.1, 0.15) is 21.8 Å². The molecule has 1 aliphatic rings. The van der Waals surface area contributed by atoms with Crippen LogP contribution in [-0.4, -0.2) is 81.3 Å². The van der Waals surface area contributed by atoms with Crippen molar-refractivity contribution >= 4 is 44.7 Å². The van der Waals surface area contributed by atoms with Crippen LogP contribution in [0.1, 0.15) is 19.4 Å². The van der Waals surface area contributed by atoms with E-state index in [-0.39, 0.29) is 41.6 Å². The normalized spacial score (nSPS) is 18.0. The highest BCUT2D eigenvalue weighted by Crippen LogP contribution is 2.30. The summed E-state index contributed by atoms with van der Waals surface area (Å²) >= 11 is 1.10. The number of carbonyl (C=O) groups is 2. The Morgan fingerprint density at radius 3 is 2.57 bits per heavy atom. The third kappa shape index (κ3) is 7.52. The Morgan fingerprint density at radius 1 is 1.21 bits per heavy atom. The predicted molar refractivity (Wildman–Crippen MR) is 162 cm³/mol. The molecular formula is C29H36N4O7S2. The number of anilines is 2. The van der Waals surface area contributed by atoms with E-state index < -0.39 is 22.2 Å². The van der Waals surface area contributed by atoms with Crippen LogP contribution in [0.4, 0.5) is 16.2 Å². The van der Waals surface area contributed by atoms with E-state index in [9.17, 15) is 23.1 Å². The number of methoxy groups -OCH3 is 1. The number of likely N-dealkylation sites (N-methyl/N-ethyl adjacent to an activating group) is 1. The lowest BCUT2D eigenvalue weighted by molar-refractivity contribution is -0.134. The van der Waals surface area contributed by atoms with Crippen molar-refractivity contribution in [3.8, 4) is 11.5 Å². The summed E-state index contributed by atoms with van der Waals surface area (Å²) in [6.07, 6.45) is -0.579. The number of nitrogens with zero attached hydrogens (tertiary/aromatic N) is 2. The van der Waals surface area contributed by atoms with Crippen LogP contribution in [0.15, 0.2) is 64.2 Å². The van der Waals surface area contributed by atoms with Gasteiger partial charge in [-0.15, -0.1) is 11.3 Å². The van der Waals surface area contributed by atoms with E-state index in [4.69, 9.17) is 9.47 Å². The smallest absolute Gasteiger partial charge is 0.321 e. The van der Waals surface area contributed by atoms with Crippen LogP contribution < -0.4 is 19.5 Å². The lowest BCUT2D eigenvalue weighted by atomic mass is 10.0.